The van der Waals surface area contributed by atoms with E-state index in [1.165, 1.54) is 0 Å². The molecule has 0 bridgehead atoms. The normalized spacial score (nSPS) is 12.0. The summed E-state index contributed by atoms with van der Waals surface area (Å²) in [5, 5.41) is 0. The molecule has 26 heavy (non-hydrogen) atoms. The number of carbonyl (C=O) groups excluding carboxylic acids is 1. The molecular weight excluding hydrogens is 371 g/mol. The molecule has 0 unspecified atom stereocenters. The molecule has 0 radical (unpaired) electrons. The zero-order valence-electron chi connectivity index (χ0n) is 13.7. The molecule has 0 spiro atoms. The fraction of sp³-hybridized carbons (Fsp3) is 0.235. The topological polar surface area (TPSA) is 72.5 Å². The number of esters is 1. The molecule has 9 heteroatoms. The molecule has 2 aromatic rings. The van der Waals surface area contributed by atoms with E-state index in [-0.39, 0.29) is 6.61 Å². The molecule has 2 aromatic carbocycles. The van der Waals surface area contributed by atoms with Gasteiger partial charge in [-0.15, -0.1) is 0 Å². The molecule has 0 aliphatic carbocycles. The van der Waals surface area contributed by atoms with Crippen molar-refractivity contribution in [3.8, 4) is 0 Å². The molecule has 0 saturated heterocycles. The summed E-state index contributed by atoms with van der Waals surface area (Å²) >= 11 is 0. The van der Waals surface area contributed by atoms with Crippen molar-refractivity contribution in [2.24, 2.45) is 0 Å². The average Bonchev–Trinajstić information content (AvgIpc) is 2.59. The largest absolute Gasteiger partial charge is 0.460 e. The Labute approximate surface area is 148 Å². The van der Waals surface area contributed by atoms with Gasteiger partial charge in [-0.2, -0.15) is 17.9 Å². The Morgan fingerprint density at radius 2 is 1.77 bits per heavy atom. The Morgan fingerprint density at radius 1 is 1.12 bits per heavy atom. The fourth-order valence-corrected chi connectivity index (χ4v) is 2.99. The highest BCUT2D eigenvalue weighted by molar-refractivity contribution is 7.89. The van der Waals surface area contributed by atoms with Crippen LogP contribution >= 0.6 is 0 Å². The lowest BCUT2D eigenvalue weighted by molar-refractivity contribution is -0.143. The van der Waals surface area contributed by atoms with Crippen LogP contribution in [0.2, 0.25) is 0 Å². The van der Waals surface area contributed by atoms with Gasteiger partial charge in [-0.25, -0.2) is 8.42 Å². The molecule has 0 atom stereocenters. The minimum absolute atomic E-state index is 0.0373. The van der Waals surface area contributed by atoms with Crippen molar-refractivity contribution in [1.82, 2.24) is 4.72 Å². The van der Waals surface area contributed by atoms with Gasteiger partial charge in [0.2, 0.25) is 10.0 Å². The van der Waals surface area contributed by atoms with Crippen LogP contribution in [-0.4, -0.2) is 20.9 Å². The van der Waals surface area contributed by atoms with Crippen molar-refractivity contribution in [3.63, 3.8) is 0 Å². The smallest absolute Gasteiger partial charge is 0.416 e. The van der Waals surface area contributed by atoms with Gasteiger partial charge >= 0.3 is 12.1 Å². The highest BCUT2D eigenvalue weighted by atomic mass is 32.2. The third-order valence-corrected chi connectivity index (χ3v) is 4.80. The van der Waals surface area contributed by atoms with E-state index in [2.05, 4.69) is 0 Å². The average molecular weight is 387 g/mol. The number of rotatable bonds is 6. The van der Waals surface area contributed by atoms with Crippen LogP contribution in [0.25, 0.3) is 0 Å². The predicted octanol–water partition coefficient (Wildman–Crippen LogP) is 3.04. The minimum atomic E-state index is -4.67. The number of ether oxygens (including phenoxy) is 1. The lowest BCUT2D eigenvalue weighted by Gasteiger charge is -2.10. The lowest BCUT2D eigenvalue weighted by Crippen LogP contribution is -2.30. The Morgan fingerprint density at radius 3 is 2.38 bits per heavy atom. The number of carbonyl (C=O) groups is 1. The number of sulfonamides is 1. The number of hydrogen-bond acceptors (Lipinski definition) is 4. The van der Waals surface area contributed by atoms with E-state index in [4.69, 9.17) is 4.74 Å². The van der Waals surface area contributed by atoms with E-state index in [1.54, 1.807) is 12.1 Å². The SMILES string of the molecule is Cc1ccc(COC(=O)CNS(=O)(=O)c2cccc(C(F)(F)F)c2)cc1. The number of nitrogens with one attached hydrogen (secondary N) is 1. The van der Waals surface area contributed by atoms with E-state index in [0.717, 1.165) is 29.3 Å². The maximum absolute atomic E-state index is 12.7. The molecule has 0 heterocycles. The van der Waals surface area contributed by atoms with Crippen molar-refractivity contribution in [2.75, 3.05) is 6.54 Å². The molecular formula is C17H16F3NO4S. The Kier molecular flexibility index (Phi) is 6.04. The van der Waals surface area contributed by atoms with E-state index in [0.29, 0.717) is 6.07 Å². The number of hydrogen-bond donors (Lipinski definition) is 1. The Hall–Kier alpha value is -2.39. The summed E-state index contributed by atoms with van der Waals surface area (Å²) in [6.45, 7) is 1.17. The predicted molar refractivity (Wildman–Crippen MR) is 87.6 cm³/mol. The second-order valence-electron chi connectivity index (χ2n) is 5.50. The standard InChI is InChI=1S/C17H16F3NO4S/c1-12-5-7-13(8-6-12)11-25-16(22)10-21-26(23,24)15-4-2-3-14(9-15)17(18,19)20/h2-9,21H,10-11H2,1H3. The summed E-state index contributed by atoms with van der Waals surface area (Å²) in [5.74, 6) is -0.846. The summed E-state index contributed by atoms with van der Waals surface area (Å²) in [5.41, 5.74) is 0.668. The summed E-state index contributed by atoms with van der Waals surface area (Å²) in [4.78, 5) is 11.1. The maximum Gasteiger partial charge on any atom is 0.416 e. The van der Waals surface area contributed by atoms with Crippen molar-refractivity contribution in [1.29, 1.82) is 0 Å². The van der Waals surface area contributed by atoms with Crippen LogP contribution in [0.5, 0.6) is 0 Å². The van der Waals surface area contributed by atoms with Crippen molar-refractivity contribution in [2.45, 2.75) is 24.6 Å². The molecule has 0 aliphatic rings. The first-order chi connectivity index (χ1) is 12.1. The summed E-state index contributed by atoms with van der Waals surface area (Å²) in [7, 11) is -4.28. The van der Waals surface area contributed by atoms with Crippen molar-refractivity contribution < 1.29 is 31.1 Å². The molecule has 140 valence electrons. The van der Waals surface area contributed by atoms with Gasteiger partial charge in [0.05, 0.1) is 10.5 Å². The summed E-state index contributed by atoms with van der Waals surface area (Å²) in [6.07, 6.45) is -4.67. The van der Waals surface area contributed by atoms with Crippen LogP contribution in [0.4, 0.5) is 13.2 Å². The zero-order valence-corrected chi connectivity index (χ0v) is 14.5. The van der Waals surface area contributed by atoms with Crippen LogP contribution < -0.4 is 4.72 Å². The molecule has 1 N–H and O–H groups in total. The first kappa shape index (κ1) is 19.9. The number of benzene rings is 2. The third-order valence-electron chi connectivity index (χ3n) is 3.40. The molecule has 2 rings (SSSR count). The van der Waals surface area contributed by atoms with Gasteiger partial charge in [0, 0.05) is 0 Å². The van der Waals surface area contributed by atoms with Gasteiger partial charge < -0.3 is 4.74 Å². The van der Waals surface area contributed by atoms with Gasteiger partial charge in [-0.3, -0.25) is 4.79 Å². The van der Waals surface area contributed by atoms with Gasteiger partial charge in [-0.1, -0.05) is 35.9 Å². The monoisotopic (exact) mass is 387 g/mol. The lowest BCUT2D eigenvalue weighted by atomic mass is 10.2. The minimum Gasteiger partial charge on any atom is -0.460 e. The van der Waals surface area contributed by atoms with Crippen LogP contribution in [0.15, 0.2) is 53.4 Å². The van der Waals surface area contributed by atoms with Gasteiger partial charge in [0.25, 0.3) is 0 Å². The van der Waals surface area contributed by atoms with E-state index in [1.807, 2.05) is 23.8 Å². The maximum atomic E-state index is 12.7. The van der Waals surface area contributed by atoms with E-state index in [9.17, 15) is 26.4 Å². The highest BCUT2D eigenvalue weighted by Gasteiger charge is 2.31. The van der Waals surface area contributed by atoms with Gasteiger partial charge in [-0.05, 0) is 30.7 Å². The van der Waals surface area contributed by atoms with Crippen LogP contribution in [-0.2, 0) is 32.3 Å². The van der Waals surface area contributed by atoms with Crippen molar-refractivity contribution >= 4 is 16.0 Å². The number of aryl methyl sites for hydroxylation is 1. The molecule has 0 fully saturated rings. The second kappa shape index (κ2) is 7.88. The van der Waals surface area contributed by atoms with Gasteiger partial charge in [0.1, 0.15) is 13.2 Å². The summed E-state index contributed by atoms with van der Waals surface area (Å²) < 4.78 is 68.9. The van der Waals surface area contributed by atoms with E-state index < -0.39 is 39.2 Å². The van der Waals surface area contributed by atoms with Gasteiger partial charge in [0.15, 0.2) is 0 Å². The molecule has 0 aromatic heterocycles. The second-order valence-corrected chi connectivity index (χ2v) is 7.26. The first-order valence-corrected chi connectivity index (χ1v) is 8.94. The Balaban J connectivity index is 1.95. The summed E-state index contributed by atoms with van der Waals surface area (Å²) in [6, 6.07) is 10.4. The van der Waals surface area contributed by atoms with Crippen LogP contribution in [0.3, 0.4) is 0 Å². The molecule has 5 nitrogen and oxygen atoms in total. The number of alkyl halides is 3. The number of halogens is 3. The molecule has 0 amide bonds. The molecule has 0 aliphatic heterocycles. The Bertz CT molecular complexity index is 878. The van der Waals surface area contributed by atoms with Crippen molar-refractivity contribution in [3.05, 3.63) is 65.2 Å². The first-order valence-electron chi connectivity index (χ1n) is 7.46. The fourth-order valence-electron chi connectivity index (χ4n) is 1.98. The van der Waals surface area contributed by atoms with Crippen LogP contribution in [0.1, 0.15) is 16.7 Å². The zero-order chi connectivity index (χ0) is 19.4. The highest BCUT2D eigenvalue weighted by Crippen LogP contribution is 2.30. The van der Waals surface area contributed by atoms with Crippen LogP contribution in [0, 0.1) is 6.92 Å². The van der Waals surface area contributed by atoms with E-state index >= 15 is 0 Å². The quantitative estimate of drug-likeness (QED) is 0.774. The third kappa shape index (κ3) is 5.57. The molecule has 0 saturated carbocycles.